The Morgan fingerprint density at radius 2 is 2.06 bits per heavy atom. The molecule has 0 aliphatic rings. The number of halogens is 1. The lowest BCUT2D eigenvalue weighted by molar-refractivity contribution is 0.275. The van der Waals surface area contributed by atoms with Crippen molar-refractivity contribution in [3.05, 3.63) is 29.8 Å². The maximum absolute atomic E-state index is 12.7. The molecule has 1 rings (SSSR count). The second-order valence-corrected chi connectivity index (χ2v) is 3.65. The SMILES string of the molecule is N#CCCc1cccnc1F.O=P(O)(O)O. The van der Waals surface area contributed by atoms with E-state index in [4.69, 9.17) is 24.5 Å². The van der Waals surface area contributed by atoms with Gasteiger partial charge in [-0.1, -0.05) is 6.07 Å². The smallest absolute Gasteiger partial charge is 0.303 e. The van der Waals surface area contributed by atoms with E-state index in [-0.39, 0.29) is 0 Å². The molecule has 0 saturated carbocycles. The van der Waals surface area contributed by atoms with Crippen LogP contribution in [0.3, 0.4) is 0 Å². The van der Waals surface area contributed by atoms with Crippen molar-refractivity contribution >= 4 is 7.82 Å². The molecule has 0 amide bonds. The summed E-state index contributed by atoms with van der Waals surface area (Å²) in [5, 5.41) is 8.23. The molecule has 0 aliphatic heterocycles. The van der Waals surface area contributed by atoms with Gasteiger partial charge in [0.1, 0.15) is 0 Å². The number of phosphoric acid groups is 1. The first-order chi connectivity index (χ1) is 7.34. The van der Waals surface area contributed by atoms with E-state index in [1.54, 1.807) is 12.1 Å². The number of pyridine rings is 1. The number of aromatic nitrogens is 1. The maximum Gasteiger partial charge on any atom is 0.466 e. The molecule has 0 fully saturated rings. The van der Waals surface area contributed by atoms with Gasteiger partial charge < -0.3 is 14.7 Å². The molecule has 0 saturated heterocycles. The van der Waals surface area contributed by atoms with Crippen LogP contribution in [0.15, 0.2) is 18.3 Å². The van der Waals surface area contributed by atoms with Crippen LogP contribution < -0.4 is 0 Å². The van der Waals surface area contributed by atoms with E-state index in [2.05, 4.69) is 4.98 Å². The minimum Gasteiger partial charge on any atom is -0.303 e. The Balaban J connectivity index is 0.000000385. The van der Waals surface area contributed by atoms with Gasteiger partial charge in [0.15, 0.2) is 0 Å². The molecule has 6 nitrogen and oxygen atoms in total. The van der Waals surface area contributed by atoms with E-state index in [0.29, 0.717) is 18.4 Å². The zero-order chi connectivity index (χ0) is 12.6. The average molecular weight is 248 g/mol. The highest BCUT2D eigenvalue weighted by Gasteiger charge is 2.00. The fraction of sp³-hybridized carbons (Fsp3) is 0.250. The highest BCUT2D eigenvalue weighted by molar-refractivity contribution is 7.45. The van der Waals surface area contributed by atoms with Crippen molar-refractivity contribution < 1.29 is 23.6 Å². The molecule has 88 valence electrons. The zero-order valence-corrected chi connectivity index (χ0v) is 9.01. The topological polar surface area (TPSA) is 114 Å². The van der Waals surface area contributed by atoms with Crippen LogP contribution >= 0.6 is 7.82 Å². The number of nitrogens with zero attached hydrogens (tertiary/aromatic N) is 2. The molecule has 0 aliphatic carbocycles. The predicted octanol–water partition coefficient (Wildman–Crippen LogP) is 0.748. The molecule has 0 atom stereocenters. The normalized spacial score (nSPS) is 9.94. The van der Waals surface area contributed by atoms with Crippen LogP contribution in [0, 0.1) is 17.3 Å². The number of aryl methyl sites for hydroxylation is 1. The van der Waals surface area contributed by atoms with Crippen molar-refractivity contribution in [1.82, 2.24) is 4.98 Å². The molecule has 0 aromatic carbocycles. The Morgan fingerprint density at radius 1 is 1.50 bits per heavy atom. The Morgan fingerprint density at radius 3 is 2.50 bits per heavy atom. The van der Waals surface area contributed by atoms with Crippen molar-refractivity contribution in [1.29, 1.82) is 5.26 Å². The molecular weight excluding hydrogens is 238 g/mol. The first kappa shape index (κ1) is 14.7. The molecule has 0 radical (unpaired) electrons. The predicted molar refractivity (Wildman–Crippen MR) is 52.4 cm³/mol. The van der Waals surface area contributed by atoms with Crippen LogP contribution in [0.25, 0.3) is 0 Å². The number of rotatable bonds is 2. The highest BCUT2D eigenvalue weighted by Crippen LogP contribution is 2.25. The maximum atomic E-state index is 12.7. The van der Waals surface area contributed by atoms with Gasteiger partial charge in [-0.05, 0) is 12.5 Å². The van der Waals surface area contributed by atoms with Crippen LogP contribution in [-0.4, -0.2) is 19.7 Å². The van der Waals surface area contributed by atoms with Gasteiger partial charge in [0.2, 0.25) is 5.95 Å². The van der Waals surface area contributed by atoms with E-state index in [0.717, 1.165) is 0 Å². The van der Waals surface area contributed by atoms with Crippen molar-refractivity contribution in [3.63, 3.8) is 0 Å². The lowest BCUT2D eigenvalue weighted by atomic mass is 10.2. The van der Waals surface area contributed by atoms with Crippen molar-refractivity contribution in [3.8, 4) is 6.07 Å². The summed E-state index contributed by atoms with van der Waals surface area (Å²) in [7, 11) is -4.64. The fourth-order valence-corrected chi connectivity index (χ4v) is 0.796. The summed E-state index contributed by atoms with van der Waals surface area (Å²) in [5.74, 6) is -0.470. The standard InChI is InChI=1S/C8H7FN2.H3O4P/c9-8-7(3-1-5-10)4-2-6-11-8;1-5(2,3)4/h2,4,6H,1,3H2;(H3,1,2,3,4). The number of nitriles is 1. The van der Waals surface area contributed by atoms with Crippen LogP contribution in [0.1, 0.15) is 12.0 Å². The number of hydrogen-bond acceptors (Lipinski definition) is 3. The zero-order valence-electron chi connectivity index (χ0n) is 8.12. The summed E-state index contributed by atoms with van der Waals surface area (Å²) in [6, 6.07) is 5.25. The lowest BCUT2D eigenvalue weighted by Gasteiger charge is -1.95. The summed E-state index contributed by atoms with van der Waals surface area (Å²) < 4.78 is 21.6. The first-order valence-corrected chi connectivity index (χ1v) is 5.65. The summed E-state index contributed by atoms with van der Waals surface area (Å²) in [6.45, 7) is 0. The lowest BCUT2D eigenvalue weighted by Crippen LogP contribution is -1.91. The molecule has 8 heteroatoms. The Hall–Kier alpha value is -1.32. The van der Waals surface area contributed by atoms with Gasteiger partial charge in [0.05, 0.1) is 6.07 Å². The van der Waals surface area contributed by atoms with E-state index >= 15 is 0 Å². The Kier molecular flexibility index (Phi) is 6.46. The molecule has 0 bridgehead atoms. The summed E-state index contributed by atoms with van der Waals surface area (Å²) in [4.78, 5) is 25.0. The van der Waals surface area contributed by atoms with Crippen molar-refractivity contribution in [2.24, 2.45) is 0 Å². The third-order valence-corrected chi connectivity index (χ3v) is 1.34. The van der Waals surface area contributed by atoms with Crippen LogP contribution in [0.5, 0.6) is 0 Å². The Labute approximate surface area is 91.2 Å². The number of hydrogen-bond donors (Lipinski definition) is 3. The molecule has 0 spiro atoms. The van der Waals surface area contributed by atoms with Crippen LogP contribution in [0.4, 0.5) is 4.39 Å². The Bertz CT molecular complexity index is 406. The fourth-order valence-electron chi connectivity index (χ4n) is 0.796. The second-order valence-electron chi connectivity index (χ2n) is 2.62. The van der Waals surface area contributed by atoms with Gasteiger partial charge in [-0.15, -0.1) is 0 Å². The second kappa shape index (κ2) is 7.04. The van der Waals surface area contributed by atoms with Gasteiger partial charge in [-0.3, -0.25) is 0 Å². The largest absolute Gasteiger partial charge is 0.466 e. The van der Waals surface area contributed by atoms with E-state index < -0.39 is 13.8 Å². The van der Waals surface area contributed by atoms with Gasteiger partial charge in [-0.2, -0.15) is 9.65 Å². The highest BCUT2D eigenvalue weighted by atomic mass is 31.2. The molecule has 16 heavy (non-hydrogen) atoms. The van der Waals surface area contributed by atoms with Crippen LogP contribution in [-0.2, 0) is 11.0 Å². The third kappa shape index (κ3) is 9.24. The monoisotopic (exact) mass is 248 g/mol. The molecule has 0 unspecified atom stereocenters. The van der Waals surface area contributed by atoms with Gasteiger partial charge in [0, 0.05) is 18.2 Å². The summed E-state index contributed by atoms with van der Waals surface area (Å²) in [6.07, 6.45) is 2.17. The molecule has 3 N–H and O–H groups in total. The van der Waals surface area contributed by atoms with Crippen molar-refractivity contribution in [2.75, 3.05) is 0 Å². The quantitative estimate of drug-likeness (QED) is 0.525. The third-order valence-electron chi connectivity index (χ3n) is 1.34. The molecular formula is C8H10FN2O4P. The summed E-state index contributed by atoms with van der Waals surface area (Å²) in [5.41, 5.74) is 0.508. The minimum atomic E-state index is -4.64. The van der Waals surface area contributed by atoms with E-state index in [1.807, 2.05) is 6.07 Å². The van der Waals surface area contributed by atoms with Gasteiger partial charge in [-0.25, -0.2) is 9.55 Å². The average Bonchev–Trinajstić information content (AvgIpc) is 2.14. The van der Waals surface area contributed by atoms with Gasteiger partial charge >= 0.3 is 7.82 Å². The van der Waals surface area contributed by atoms with Crippen molar-refractivity contribution in [2.45, 2.75) is 12.8 Å². The van der Waals surface area contributed by atoms with Gasteiger partial charge in [0.25, 0.3) is 0 Å². The molecule has 1 aromatic heterocycles. The molecule has 1 heterocycles. The van der Waals surface area contributed by atoms with E-state index in [1.165, 1.54) is 6.20 Å². The minimum absolute atomic E-state index is 0.336. The van der Waals surface area contributed by atoms with E-state index in [9.17, 15) is 4.39 Å². The van der Waals surface area contributed by atoms with Crippen LogP contribution in [0.2, 0.25) is 0 Å². The first-order valence-electron chi connectivity index (χ1n) is 4.09. The molecule has 1 aromatic rings. The summed E-state index contributed by atoms with van der Waals surface area (Å²) >= 11 is 0.